The molecule has 0 saturated carbocycles. The number of hydrogen-bond donors (Lipinski definition) is 1. The van der Waals surface area contributed by atoms with Gasteiger partial charge in [-0.1, -0.05) is 6.07 Å². The van der Waals surface area contributed by atoms with Gasteiger partial charge in [-0.2, -0.15) is 0 Å². The van der Waals surface area contributed by atoms with E-state index in [9.17, 15) is 4.79 Å². The number of rotatable bonds is 4. The normalized spacial score (nSPS) is 10.5. The first-order chi connectivity index (χ1) is 11.2. The lowest BCUT2D eigenvalue weighted by atomic mass is 10.3. The SMILES string of the molecule is CSc1cccc(NC(=O)c2nc(-n3cnnc3)ccc2Br)c1. The van der Waals surface area contributed by atoms with Crippen LogP contribution in [0.25, 0.3) is 5.82 Å². The zero-order chi connectivity index (χ0) is 16.2. The van der Waals surface area contributed by atoms with Crippen LogP contribution >= 0.6 is 27.7 Å². The minimum Gasteiger partial charge on any atom is -0.321 e. The highest BCUT2D eigenvalue weighted by Gasteiger charge is 2.14. The summed E-state index contributed by atoms with van der Waals surface area (Å²) in [6.45, 7) is 0. The summed E-state index contributed by atoms with van der Waals surface area (Å²) >= 11 is 4.98. The van der Waals surface area contributed by atoms with E-state index in [1.165, 1.54) is 12.7 Å². The van der Waals surface area contributed by atoms with Crippen LogP contribution < -0.4 is 5.32 Å². The molecule has 0 aliphatic carbocycles. The van der Waals surface area contributed by atoms with Crippen LogP contribution in [0.3, 0.4) is 0 Å². The Hall–Kier alpha value is -2.19. The first-order valence-corrected chi connectivity index (χ1v) is 8.66. The topological polar surface area (TPSA) is 72.7 Å². The Bertz CT molecular complexity index is 838. The Morgan fingerprint density at radius 3 is 2.74 bits per heavy atom. The van der Waals surface area contributed by atoms with Crippen molar-refractivity contribution in [1.82, 2.24) is 19.7 Å². The highest BCUT2D eigenvalue weighted by Crippen LogP contribution is 2.21. The van der Waals surface area contributed by atoms with Gasteiger partial charge in [0.25, 0.3) is 5.91 Å². The molecule has 8 heteroatoms. The number of pyridine rings is 1. The molecule has 0 spiro atoms. The van der Waals surface area contributed by atoms with E-state index in [-0.39, 0.29) is 5.91 Å². The molecule has 1 amide bonds. The molecule has 0 bridgehead atoms. The molecule has 1 aromatic carbocycles. The summed E-state index contributed by atoms with van der Waals surface area (Å²) < 4.78 is 2.25. The number of carbonyl (C=O) groups is 1. The van der Waals surface area contributed by atoms with Crippen molar-refractivity contribution in [3.63, 3.8) is 0 Å². The Labute approximate surface area is 145 Å². The zero-order valence-electron chi connectivity index (χ0n) is 12.1. The van der Waals surface area contributed by atoms with Crippen molar-refractivity contribution >= 4 is 39.3 Å². The van der Waals surface area contributed by atoms with Gasteiger partial charge in [-0.25, -0.2) is 4.98 Å². The Morgan fingerprint density at radius 2 is 2.00 bits per heavy atom. The summed E-state index contributed by atoms with van der Waals surface area (Å²) in [6, 6.07) is 11.2. The first kappa shape index (κ1) is 15.7. The summed E-state index contributed by atoms with van der Waals surface area (Å²) in [4.78, 5) is 18.0. The van der Waals surface area contributed by atoms with E-state index < -0.39 is 0 Å². The lowest BCUT2D eigenvalue weighted by Crippen LogP contribution is -2.15. The molecular formula is C15H12BrN5OS. The molecule has 23 heavy (non-hydrogen) atoms. The van der Waals surface area contributed by atoms with Crippen LogP contribution in [0.1, 0.15) is 10.5 Å². The molecule has 3 rings (SSSR count). The molecule has 1 N–H and O–H groups in total. The fourth-order valence-corrected chi connectivity index (χ4v) is 2.81. The molecule has 0 atom stereocenters. The third-order valence-electron chi connectivity index (χ3n) is 3.06. The average molecular weight is 390 g/mol. The maximum absolute atomic E-state index is 12.5. The number of hydrogen-bond acceptors (Lipinski definition) is 5. The van der Waals surface area contributed by atoms with Gasteiger partial charge in [0, 0.05) is 15.1 Å². The van der Waals surface area contributed by atoms with Crippen molar-refractivity contribution in [3.05, 3.63) is 59.2 Å². The van der Waals surface area contributed by atoms with Crippen LogP contribution in [0.15, 0.2) is 58.4 Å². The fourth-order valence-electron chi connectivity index (χ4n) is 1.95. The standard InChI is InChI=1S/C15H12BrN5OS/c1-23-11-4-2-3-10(7-11)19-15(22)14-12(16)5-6-13(20-14)21-8-17-18-9-21/h2-9H,1H3,(H,19,22). The minimum atomic E-state index is -0.287. The number of nitrogens with one attached hydrogen (secondary N) is 1. The monoisotopic (exact) mass is 389 g/mol. The van der Waals surface area contributed by atoms with Crippen LogP contribution in [0.2, 0.25) is 0 Å². The third kappa shape index (κ3) is 3.59. The van der Waals surface area contributed by atoms with Gasteiger partial charge < -0.3 is 5.32 Å². The number of carbonyl (C=O) groups excluding carboxylic acids is 1. The molecule has 0 radical (unpaired) electrons. The number of thioether (sulfide) groups is 1. The Kier molecular flexibility index (Phi) is 4.73. The van der Waals surface area contributed by atoms with Crippen LogP contribution in [-0.4, -0.2) is 31.9 Å². The highest BCUT2D eigenvalue weighted by molar-refractivity contribution is 9.10. The first-order valence-electron chi connectivity index (χ1n) is 6.64. The second kappa shape index (κ2) is 6.93. The lowest BCUT2D eigenvalue weighted by Gasteiger charge is -2.09. The predicted octanol–water partition coefficient (Wildman–Crippen LogP) is 3.40. The summed E-state index contributed by atoms with van der Waals surface area (Å²) in [6.07, 6.45) is 5.04. The largest absolute Gasteiger partial charge is 0.321 e. The number of anilines is 1. The number of aromatic nitrogens is 4. The van der Waals surface area contributed by atoms with E-state index in [0.29, 0.717) is 16.0 Å². The summed E-state index contributed by atoms with van der Waals surface area (Å²) in [5.41, 5.74) is 1.02. The van der Waals surface area contributed by atoms with Crippen LogP contribution in [-0.2, 0) is 0 Å². The van der Waals surface area contributed by atoms with E-state index in [2.05, 4.69) is 36.4 Å². The van der Waals surface area contributed by atoms with E-state index in [4.69, 9.17) is 0 Å². The van der Waals surface area contributed by atoms with Crippen molar-refractivity contribution in [1.29, 1.82) is 0 Å². The van der Waals surface area contributed by atoms with E-state index in [1.807, 2.05) is 30.5 Å². The smallest absolute Gasteiger partial charge is 0.275 e. The van der Waals surface area contributed by atoms with Crippen molar-refractivity contribution in [3.8, 4) is 5.82 Å². The van der Waals surface area contributed by atoms with Crippen molar-refractivity contribution in [2.45, 2.75) is 4.90 Å². The minimum absolute atomic E-state index is 0.287. The van der Waals surface area contributed by atoms with Crippen LogP contribution in [0.5, 0.6) is 0 Å². The van der Waals surface area contributed by atoms with E-state index in [1.54, 1.807) is 28.5 Å². The zero-order valence-corrected chi connectivity index (χ0v) is 14.5. The average Bonchev–Trinajstić information content (AvgIpc) is 3.10. The molecular weight excluding hydrogens is 378 g/mol. The molecule has 0 fully saturated rings. The van der Waals surface area contributed by atoms with Gasteiger partial charge in [0.1, 0.15) is 24.2 Å². The van der Waals surface area contributed by atoms with Gasteiger partial charge in [0.05, 0.1) is 0 Å². The maximum atomic E-state index is 12.5. The van der Waals surface area contributed by atoms with Crippen molar-refractivity contribution in [2.24, 2.45) is 0 Å². The Balaban J connectivity index is 1.88. The molecule has 3 aromatic rings. The molecule has 2 heterocycles. The molecule has 0 saturated heterocycles. The number of nitrogens with zero attached hydrogens (tertiary/aromatic N) is 4. The van der Waals surface area contributed by atoms with Crippen LogP contribution in [0.4, 0.5) is 5.69 Å². The number of halogens is 1. The maximum Gasteiger partial charge on any atom is 0.275 e. The van der Waals surface area contributed by atoms with Gasteiger partial charge in [-0.15, -0.1) is 22.0 Å². The van der Waals surface area contributed by atoms with Crippen molar-refractivity contribution < 1.29 is 4.79 Å². The van der Waals surface area contributed by atoms with Gasteiger partial charge >= 0.3 is 0 Å². The second-order valence-electron chi connectivity index (χ2n) is 4.56. The lowest BCUT2D eigenvalue weighted by molar-refractivity contribution is 0.102. The quantitative estimate of drug-likeness (QED) is 0.692. The van der Waals surface area contributed by atoms with Gasteiger partial charge in [-0.05, 0) is 52.5 Å². The van der Waals surface area contributed by atoms with Crippen molar-refractivity contribution in [2.75, 3.05) is 11.6 Å². The third-order valence-corrected chi connectivity index (χ3v) is 4.42. The highest BCUT2D eigenvalue weighted by atomic mass is 79.9. The molecule has 0 unspecified atom stereocenters. The summed E-state index contributed by atoms with van der Waals surface area (Å²) in [5, 5.41) is 10.3. The summed E-state index contributed by atoms with van der Waals surface area (Å²) in [7, 11) is 0. The van der Waals surface area contributed by atoms with E-state index in [0.717, 1.165) is 10.6 Å². The number of benzene rings is 1. The van der Waals surface area contributed by atoms with Gasteiger partial charge in [-0.3, -0.25) is 9.36 Å². The van der Waals surface area contributed by atoms with Gasteiger partial charge in [0.15, 0.2) is 0 Å². The molecule has 116 valence electrons. The molecule has 0 aliphatic heterocycles. The van der Waals surface area contributed by atoms with Gasteiger partial charge in [0.2, 0.25) is 0 Å². The van der Waals surface area contributed by atoms with E-state index >= 15 is 0 Å². The fraction of sp³-hybridized carbons (Fsp3) is 0.0667. The predicted molar refractivity (Wildman–Crippen MR) is 93.0 cm³/mol. The summed E-state index contributed by atoms with van der Waals surface area (Å²) in [5.74, 6) is 0.284. The second-order valence-corrected chi connectivity index (χ2v) is 6.29. The molecule has 0 aliphatic rings. The molecule has 6 nitrogen and oxygen atoms in total. The number of amides is 1. The Morgan fingerprint density at radius 1 is 1.22 bits per heavy atom. The molecule has 2 aromatic heterocycles. The van der Waals surface area contributed by atoms with Crippen LogP contribution in [0, 0.1) is 0 Å².